The lowest BCUT2D eigenvalue weighted by Gasteiger charge is -2.30. The highest BCUT2D eigenvalue weighted by atomic mass is 16.5. The zero-order chi connectivity index (χ0) is 16.8. The molecular formula is C22H25NO. The molecule has 124 valence electrons. The summed E-state index contributed by atoms with van der Waals surface area (Å²) >= 11 is 0. The molecule has 2 aromatic rings. The standard InChI is InChI=1S/C22H25NO/c1-21(2,3)19-15-24-20(23-19)22(17-10-5-4-6-11-17)14-13-16-9-7-8-12-18(16)22/h4-12,19H,13-15H2,1-3H3/t19-,22+/m1/s1. The fraction of sp³-hybridized carbons (Fsp3) is 0.409. The summed E-state index contributed by atoms with van der Waals surface area (Å²) in [5, 5.41) is 0. The van der Waals surface area contributed by atoms with E-state index in [-0.39, 0.29) is 16.9 Å². The summed E-state index contributed by atoms with van der Waals surface area (Å²) in [6.07, 6.45) is 2.11. The molecule has 0 spiro atoms. The lowest BCUT2D eigenvalue weighted by Crippen LogP contribution is -2.35. The molecule has 0 radical (unpaired) electrons. The number of hydrogen-bond acceptors (Lipinski definition) is 2. The Labute approximate surface area is 144 Å². The second kappa shape index (κ2) is 5.47. The summed E-state index contributed by atoms with van der Waals surface area (Å²) < 4.78 is 6.24. The smallest absolute Gasteiger partial charge is 0.199 e. The molecule has 1 aliphatic carbocycles. The molecule has 0 amide bonds. The molecule has 2 atom stereocenters. The Morgan fingerprint density at radius 1 is 1.00 bits per heavy atom. The minimum absolute atomic E-state index is 0.123. The first-order valence-electron chi connectivity index (χ1n) is 8.87. The van der Waals surface area contributed by atoms with E-state index in [1.807, 2.05) is 0 Å². The van der Waals surface area contributed by atoms with Crippen molar-refractivity contribution in [2.24, 2.45) is 10.4 Å². The summed E-state index contributed by atoms with van der Waals surface area (Å²) in [4.78, 5) is 5.08. The van der Waals surface area contributed by atoms with Gasteiger partial charge in [-0.25, -0.2) is 4.99 Å². The molecule has 0 N–H and O–H groups in total. The largest absolute Gasteiger partial charge is 0.478 e. The lowest BCUT2D eigenvalue weighted by atomic mass is 9.75. The summed E-state index contributed by atoms with van der Waals surface area (Å²) in [6, 6.07) is 19.8. The maximum atomic E-state index is 6.24. The number of ether oxygens (including phenoxy) is 1. The maximum absolute atomic E-state index is 6.24. The van der Waals surface area contributed by atoms with Gasteiger partial charge in [0.15, 0.2) is 5.90 Å². The molecule has 1 heterocycles. The highest BCUT2D eigenvalue weighted by Gasteiger charge is 2.48. The van der Waals surface area contributed by atoms with Crippen molar-refractivity contribution in [3.05, 3.63) is 71.3 Å². The van der Waals surface area contributed by atoms with E-state index in [2.05, 4.69) is 75.4 Å². The van der Waals surface area contributed by atoms with Crippen molar-refractivity contribution >= 4 is 5.90 Å². The van der Waals surface area contributed by atoms with Gasteiger partial charge in [-0.05, 0) is 34.9 Å². The third kappa shape index (κ3) is 2.28. The quantitative estimate of drug-likeness (QED) is 0.782. The molecule has 0 bridgehead atoms. The Kier molecular flexibility index (Phi) is 3.52. The third-order valence-electron chi connectivity index (χ3n) is 5.53. The van der Waals surface area contributed by atoms with Crippen LogP contribution in [0.4, 0.5) is 0 Å². The van der Waals surface area contributed by atoms with Gasteiger partial charge < -0.3 is 4.74 Å². The Bertz CT molecular complexity index is 772. The van der Waals surface area contributed by atoms with Crippen LogP contribution in [-0.2, 0) is 16.6 Å². The summed E-state index contributed by atoms with van der Waals surface area (Å²) in [6.45, 7) is 7.41. The molecule has 2 nitrogen and oxygen atoms in total. The van der Waals surface area contributed by atoms with E-state index in [9.17, 15) is 0 Å². The number of fused-ring (bicyclic) bond motifs is 1. The molecule has 24 heavy (non-hydrogen) atoms. The van der Waals surface area contributed by atoms with Gasteiger partial charge in [0.25, 0.3) is 0 Å². The Balaban J connectivity index is 1.89. The Morgan fingerprint density at radius 2 is 1.71 bits per heavy atom. The van der Waals surface area contributed by atoms with Crippen molar-refractivity contribution in [3.63, 3.8) is 0 Å². The van der Waals surface area contributed by atoms with Crippen molar-refractivity contribution in [2.75, 3.05) is 6.61 Å². The van der Waals surface area contributed by atoms with Gasteiger partial charge in [-0.15, -0.1) is 0 Å². The van der Waals surface area contributed by atoms with E-state index in [1.165, 1.54) is 16.7 Å². The van der Waals surface area contributed by atoms with Gasteiger partial charge in [0.2, 0.25) is 0 Å². The van der Waals surface area contributed by atoms with Crippen molar-refractivity contribution < 1.29 is 4.74 Å². The first-order valence-corrected chi connectivity index (χ1v) is 8.87. The van der Waals surface area contributed by atoms with Gasteiger partial charge in [0, 0.05) is 0 Å². The van der Waals surface area contributed by atoms with Crippen LogP contribution in [0, 0.1) is 5.41 Å². The first kappa shape index (κ1) is 15.4. The summed E-state index contributed by atoms with van der Waals surface area (Å²) in [5.41, 5.74) is 3.98. The second-order valence-electron chi connectivity index (χ2n) is 8.06. The fourth-order valence-corrected chi connectivity index (χ4v) is 4.03. The Morgan fingerprint density at radius 3 is 2.42 bits per heavy atom. The van der Waals surface area contributed by atoms with E-state index >= 15 is 0 Å². The first-order chi connectivity index (χ1) is 11.5. The van der Waals surface area contributed by atoms with Gasteiger partial charge in [-0.3, -0.25) is 0 Å². The minimum Gasteiger partial charge on any atom is -0.478 e. The second-order valence-corrected chi connectivity index (χ2v) is 8.06. The number of nitrogens with zero attached hydrogens (tertiary/aromatic N) is 1. The van der Waals surface area contributed by atoms with E-state index in [1.54, 1.807) is 0 Å². The molecule has 0 unspecified atom stereocenters. The number of aliphatic imine (C=N–C) groups is 1. The summed E-state index contributed by atoms with van der Waals surface area (Å²) in [5.74, 6) is 0.915. The van der Waals surface area contributed by atoms with Crippen molar-refractivity contribution in [1.82, 2.24) is 0 Å². The fourth-order valence-electron chi connectivity index (χ4n) is 4.03. The molecule has 0 saturated heterocycles. The van der Waals surface area contributed by atoms with Crippen LogP contribution in [0.15, 0.2) is 59.6 Å². The summed E-state index contributed by atoms with van der Waals surface area (Å²) in [7, 11) is 0. The van der Waals surface area contributed by atoms with E-state index in [0.717, 1.165) is 18.7 Å². The molecule has 0 saturated carbocycles. The van der Waals surface area contributed by atoms with Gasteiger partial charge >= 0.3 is 0 Å². The molecule has 0 fully saturated rings. The highest BCUT2D eigenvalue weighted by Crippen LogP contribution is 2.47. The molecule has 2 heteroatoms. The van der Waals surface area contributed by atoms with Crippen LogP contribution in [0.1, 0.15) is 43.9 Å². The predicted octanol–water partition coefficient (Wildman–Crippen LogP) is 4.76. The molecule has 1 aliphatic heterocycles. The van der Waals surface area contributed by atoms with E-state index in [0.29, 0.717) is 6.61 Å². The highest BCUT2D eigenvalue weighted by molar-refractivity contribution is 5.94. The van der Waals surface area contributed by atoms with Crippen LogP contribution in [-0.4, -0.2) is 18.5 Å². The average Bonchev–Trinajstić information content (AvgIpc) is 3.21. The van der Waals surface area contributed by atoms with E-state index < -0.39 is 0 Å². The molecule has 2 aromatic carbocycles. The average molecular weight is 319 g/mol. The monoisotopic (exact) mass is 319 g/mol. The topological polar surface area (TPSA) is 21.6 Å². The van der Waals surface area contributed by atoms with Gasteiger partial charge in [0.05, 0.1) is 11.5 Å². The zero-order valence-electron chi connectivity index (χ0n) is 14.8. The zero-order valence-corrected chi connectivity index (χ0v) is 14.8. The number of hydrogen-bond donors (Lipinski definition) is 0. The number of aryl methyl sites for hydroxylation is 1. The third-order valence-corrected chi connectivity index (χ3v) is 5.53. The van der Waals surface area contributed by atoms with Crippen LogP contribution in [0.3, 0.4) is 0 Å². The van der Waals surface area contributed by atoms with Crippen molar-refractivity contribution in [3.8, 4) is 0 Å². The predicted molar refractivity (Wildman–Crippen MR) is 98.6 cm³/mol. The van der Waals surface area contributed by atoms with Crippen LogP contribution in [0.2, 0.25) is 0 Å². The van der Waals surface area contributed by atoms with Crippen molar-refractivity contribution in [2.45, 2.75) is 45.1 Å². The maximum Gasteiger partial charge on any atom is 0.199 e. The lowest BCUT2D eigenvalue weighted by molar-refractivity contribution is 0.228. The van der Waals surface area contributed by atoms with Crippen LogP contribution in [0.5, 0.6) is 0 Å². The number of rotatable bonds is 2. The van der Waals surface area contributed by atoms with Gasteiger partial charge in [0.1, 0.15) is 6.61 Å². The number of benzene rings is 2. The molecule has 0 aromatic heterocycles. The molecular weight excluding hydrogens is 294 g/mol. The minimum atomic E-state index is -0.224. The van der Waals surface area contributed by atoms with Crippen LogP contribution in [0.25, 0.3) is 0 Å². The normalized spacial score (nSPS) is 26.0. The molecule has 2 aliphatic rings. The van der Waals surface area contributed by atoms with E-state index in [4.69, 9.17) is 9.73 Å². The van der Waals surface area contributed by atoms with Crippen LogP contribution < -0.4 is 0 Å². The molecule has 4 rings (SSSR count). The van der Waals surface area contributed by atoms with Gasteiger partial charge in [-0.1, -0.05) is 75.4 Å². The Hall–Kier alpha value is -2.09. The SMILES string of the molecule is CC(C)(C)[C@H]1COC([C@]2(c3ccccc3)CCc3ccccc32)=N1. The van der Waals surface area contributed by atoms with Crippen molar-refractivity contribution in [1.29, 1.82) is 0 Å². The van der Waals surface area contributed by atoms with Crippen LogP contribution >= 0.6 is 0 Å². The van der Waals surface area contributed by atoms with Gasteiger partial charge in [-0.2, -0.15) is 0 Å².